The maximum atomic E-state index is 12.4. The molecular formula is C25H51O5P. The first kappa shape index (κ1) is 30.6. The van der Waals surface area contributed by atoms with Gasteiger partial charge in [-0.3, -0.25) is 9.36 Å². The molecule has 0 aliphatic carbocycles. The first-order chi connectivity index (χ1) is 14.8. The van der Waals surface area contributed by atoms with Crippen molar-refractivity contribution < 1.29 is 23.9 Å². The second kappa shape index (κ2) is 19.1. The van der Waals surface area contributed by atoms with Gasteiger partial charge in [0.05, 0.1) is 18.2 Å². The van der Waals surface area contributed by atoms with Crippen LogP contribution in [-0.2, 0) is 14.1 Å². The Balaban J connectivity index is 3.59. The SMILES string of the molecule is CCCCCCCCCCCCCCCCCCOC(=O)C(CC)(CC)CP(=O)(O)O. The molecule has 0 radical (unpaired) electrons. The summed E-state index contributed by atoms with van der Waals surface area (Å²) in [5.41, 5.74) is -1.06. The third kappa shape index (κ3) is 16.8. The van der Waals surface area contributed by atoms with Crippen LogP contribution in [0.3, 0.4) is 0 Å². The van der Waals surface area contributed by atoms with Crippen molar-refractivity contribution in [2.45, 2.75) is 136 Å². The molecule has 0 aromatic carbocycles. The Kier molecular flexibility index (Phi) is 18.9. The van der Waals surface area contributed by atoms with Crippen molar-refractivity contribution in [2.24, 2.45) is 5.41 Å². The Hall–Kier alpha value is -0.380. The Morgan fingerprint density at radius 2 is 1.03 bits per heavy atom. The van der Waals surface area contributed by atoms with Gasteiger partial charge >= 0.3 is 13.6 Å². The van der Waals surface area contributed by atoms with E-state index in [1.165, 1.54) is 83.5 Å². The fraction of sp³-hybridized carbons (Fsp3) is 0.960. The number of unbranched alkanes of at least 4 members (excludes halogenated alkanes) is 15. The molecule has 0 fully saturated rings. The Bertz CT molecular complexity index is 471. The van der Waals surface area contributed by atoms with E-state index < -0.39 is 25.1 Å². The molecule has 6 heteroatoms. The van der Waals surface area contributed by atoms with Crippen LogP contribution in [0, 0.1) is 5.41 Å². The molecule has 0 aromatic rings. The number of ether oxygens (including phenoxy) is 1. The highest BCUT2D eigenvalue weighted by atomic mass is 31.2. The quantitative estimate of drug-likeness (QED) is 0.0975. The molecule has 0 atom stereocenters. The van der Waals surface area contributed by atoms with Gasteiger partial charge < -0.3 is 14.5 Å². The molecule has 186 valence electrons. The third-order valence-corrected chi connectivity index (χ3v) is 7.54. The second-order valence-corrected chi connectivity index (χ2v) is 10.9. The zero-order chi connectivity index (χ0) is 23.4. The average molecular weight is 463 g/mol. The lowest BCUT2D eigenvalue weighted by atomic mass is 9.84. The lowest BCUT2D eigenvalue weighted by molar-refractivity contribution is -0.155. The van der Waals surface area contributed by atoms with Crippen LogP contribution >= 0.6 is 7.60 Å². The van der Waals surface area contributed by atoms with E-state index in [1.54, 1.807) is 13.8 Å². The van der Waals surface area contributed by atoms with E-state index in [-0.39, 0.29) is 0 Å². The molecule has 5 nitrogen and oxygen atoms in total. The van der Waals surface area contributed by atoms with Gasteiger partial charge in [-0.1, -0.05) is 117 Å². The van der Waals surface area contributed by atoms with Gasteiger partial charge in [0.2, 0.25) is 0 Å². The molecule has 0 heterocycles. The topological polar surface area (TPSA) is 83.8 Å². The summed E-state index contributed by atoms with van der Waals surface area (Å²) in [5, 5.41) is 0. The Morgan fingerprint density at radius 1 is 0.677 bits per heavy atom. The van der Waals surface area contributed by atoms with Crippen LogP contribution in [0.15, 0.2) is 0 Å². The van der Waals surface area contributed by atoms with Crippen LogP contribution < -0.4 is 0 Å². The average Bonchev–Trinajstić information content (AvgIpc) is 2.73. The normalized spacial score (nSPS) is 12.3. The predicted octanol–water partition coefficient (Wildman–Crippen LogP) is 7.78. The fourth-order valence-electron chi connectivity index (χ4n) is 4.19. The lowest BCUT2D eigenvalue weighted by Crippen LogP contribution is -2.35. The van der Waals surface area contributed by atoms with Crippen molar-refractivity contribution in [3.05, 3.63) is 0 Å². The molecule has 31 heavy (non-hydrogen) atoms. The smallest absolute Gasteiger partial charge is 0.326 e. The highest BCUT2D eigenvalue weighted by molar-refractivity contribution is 7.51. The summed E-state index contributed by atoms with van der Waals surface area (Å²) in [5.74, 6) is -0.457. The molecule has 0 spiro atoms. The van der Waals surface area contributed by atoms with Crippen molar-refractivity contribution >= 4 is 13.6 Å². The van der Waals surface area contributed by atoms with Crippen LogP contribution in [0.25, 0.3) is 0 Å². The van der Waals surface area contributed by atoms with Crippen molar-refractivity contribution in [2.75, 3.05) is 12.8 Å². The number of esters is 1. The maximum absolute atomic E-state index is 12.4. The number of hydrogen-bond acceptors (Lipinski definition) is 3. The molecule has 2 N–H and O–H groups in total. The molecule has 0 unspecified atom stereocenters. The van der Waals surface area contributed by atoms with Crippen molar-refractivity contribution in [3.8, 4) is 0 Å². The van der Waals surface area contributed by atoms with E-state index in [0.29, 0.717) is 19.4 Å². The first-order valence-electron chi connectivity index (χ1n) is 13.0. The highest BCUT2D eigenvalue weighted by Gasteiger charge is 2.42. The maximum Gasteiger partial charge on any atom is 0.326 e. The van der Waals surface area contributed by atoms with E-state index in [0.717, 1.165) is 19.3 Å². The summed E-state index contributed by atoms with van der Waals surface area (Å²) in [6.45, 7) is 6.19. The summed E-state index contributed by atoms with van der Waals surface area (Å²) in [7, 11) is -4.25. The van der Waals surface area contributed by atoms with Gasteiger partial charge in [0.1, 0.15) is 0 Å². The van der Waals surface area contributed by atoms with Crippen molar-refractivity contribution in [1.82, 2.24) is 0 Å². The highest BCUT2D eigenvalue weighted by Crippen LogP contribution is 2.45. The summed E-state index contributed by atoms with van der Waals surface area (Å²) in [6, 6.07) is 0. The van der Waals surface area contributed by atoms with Crippen LogP contribution in [0.1, 0.15) is 136 Å². The van der Waals surface area contributed by atoms with Gasteiger partial charge in [-0.25, -0.2) is 0 Å². The Morgan fingerprint density at radius 3 is 1.35 bits per heavy atom. The minimum Gasteiger partial charge on any atom is -0.465 e. The van der Waals surface area contributed by atoms with Gasteiger partial charge in [-0.05, 0) is 19.3 Å². The molecule has 0 amide bonds. The first-order valence-corrected chi connectivity index (χ1v) is 14.8. The minimum atomic E-state index is -4.25. The van der Waals surface area contributed by atoms with E-state index in [9.17, 15) is 19.1 Å². The fourth-order valence-corrected chi connectivity index (χ4v) is 5.55. The number of rotatable bonds is 22. The lowest BCUT2D eigenvalue weighted by Gasteiger charge is -2.29. The van der Waals surface area contributed by atoms with Gasteiger partial charge in [0.15, 0.2) is 0 Å². The minimum absolute atomic E-state index is 0.347. The molecule has 0 aliphatic heterocycles. The predicted molar refractivity (Wildman–Crippen MR) is 130 cm³/mol. The molecule has 0 aromatic heterocycles. The van der Waals surface area contributed by atoms with Gasteiger partial charge in [0.25, 0.3) is 0 Å². The number of hydrogen-bond donors (Lipinski definition) is 2. The van der Waals surface area contributed by atoms with E-state index >= 15 is 0 Å². The third-order valence-electron chi connectivity index (χ3n) is 6.53. The summed E-state index contributed by atoms with van der Waals surface area (Å²) in [4.78, 5) is 31.0. The molecule has 0 bridgehead atoms. The van der Waals surface area contributed by atoms with E-state index in [1.807, 2.05) is 0 Å². The standard InChI is InChI=1S/C25H51O5P/c1-4-7-8-9-10-11-12-13-14-15-16-17-18-19-20-21-22-30-24(26)25(5-2,6-3)23-31(27,28)29/h4-23H2,1-3H3,(H2,27,28,29). The van der Waals surface area contributed by atoms with Crippen LogP contribution in [0.5, 0.6) is 0 Å². The summed E-state index contributed by atoms with van der Waals surface area (Å²) < 4.78 is 16.8. The number of carbonyl (C=O) groups is 1. The second-order valence-electron chi connectivity index (χ2n) is 9.25. The summed E-state index contributed by atoms with van der Waals surface area (Å²) in [6.07, 6.45) is 21.1. The van der Waals surface area contributed by atoms with Crippen molar-refractivity contribution in [3.63, 3.8) is 0 Å². The largest absolute Gasteiger partial charge is 0.465 e. The molecule has 0 saturated carbocycles. The van der Waals surface area contributed by atoms with Gasteiger partial charge in [0, 0.05) is 0 Å². The molecule has 0 rings (SSSR count). The van der Waals surface area contributed by atoms with Crippen LogP contribution in [0.2, 0.25) is 0 Å². The van der Waals surface area contributed by atoms with E-state index in [2.05, 4.69) is 6.92 Å². The Labute approximate surface area is 192 Å². The van der Waals surface area contributed by atoms with E-state index in [4.69, 9.17) is 4.74 Å². The molecular weight excluding hydrogens is 411 g/mol. The van der Waals surface area contributed by atoms with Crippen molar-refractivity contribution in [1.29, 1.82) is 0 Å². The zero-order valence-electron chi connectivity index (χ0n) is 20.7. The monoisotopic (exact) mass is 462 g/mol. The van der Waals surface area contributed by atoms with Gasteiger partial charge in [-0.15, -0.1) is 0 Å². The van der Waals surface area contributed by atoms with Gasteiger partial charge in [-0.2, -0.15) is 0 Å². The number of carbonyl (C=O) groups excluding carboxylic acids is 1. The zero-order valence-corrected chi connectivity index (χ0v) is 21.6. The summed E-state index contributed by atoms with van der Waals surface area (Å²) >= 11 is 0. The van der Waals surface area contributed by atoms with Crippen LogP contribution in [-0.4, -0.2) is 28.5 Å². The molecule has 0 aliphatic rings. The van der Waals surface area contributed by atoms with Crippen LogP contribution in [0.4, 0.5) is 0 Å². The molecule has 0 saturated heterocycles.